The third-order valence-corrected chi connectivity index (χ3v) is 2.05. The molecule has 0 fully saturated rings. The smallest absolute Gasteiger partial charge is 0.0850 e. The van der Waals surface area contributed by atoms with Crippen molar-refractivity contribution in [2.24, 2.45) is 5.11 Å². The average molecular weight is 181 g/mol. The SMILES string of the molecule is N=Nc1ccc(-c2cc[c]cc2)cc1. The molecule has 0 saturated heterocycles. The second-order valence-corrected chi connectivity index (χ2v) is 2.95. The fraction of sp³-hybridized carbons (Fsp3) is 0. The van der Waals surface area contributed by atoms with Crippen LogP contribution in [-0.4, -0.2) is 0 Å². The van der Waals surface area contributed by atoms with Crippen LogP contribution in [0, 0.1) is 11.6 Å². The maximum Gasteiger partial charge on any atom is 0.0850 e. The van der Waals surface area contributed by atoms with Gasteiger partial charge in [0, 0.05) is 0 Å². The van der Waals surface area contributed by atoms with Crippen molar-refractivity contribution < 1.29 is 0 Å². The van der Waals surface area contributed by atoms with Crippen LogP contribution in [-0.2, 0) is 0 Å². The Kier molecular flexibility index (Phi) is 2.36. The Hall–Kier alpha value is -1.96. The van der Waals surface area contributed by atoms with E-state index in [4.69, 9.17) is 5.53 Å². The molecule has 1 radical (unpaired) electrons. The number of nitrogens with one attached hydrogen (secondary N) is 1. The Balaban J connectivity index is 2.39. The van der Waals surface area contributed by atoms with Crippen LogP contribution in [0.4, 0.5) is 5.69 Å². The number of benzene rings is 2. The first-order valence-corrected chi connectivity index (χ1v) is 4.34. The highest BCUT2D eigenvalue weighted by Crippen LogP contribution is 2.21. The van der Waals surface area contributed by atoms with Gasteiger partial charge >= 0.3 is 0 Å². The lowest BCUT2D eigenvalue weighted by Gasteiger charge is -2.00. The Morgan fingerprint density at radius 3 is 2.00 bits per heavy atom. The van der Waals surface area contributed by atoms with E-state index in [1.54, 1.807) is 0 Å². The summed E-state index contributed by atoms with van der Waals surface area (Å²) < 4.78 is 0. The Labute approximate surface area is 82.7 Å². The van der Waals surface area contributed by atoms with Gasteiger partial charge < -0.3 is 0 Å². The zero-order valence-electron chi connectivity index (χ0n) is 7.57. The van der Waals surface area contributed by atoms with Crippen LogP contribution in [0.15, 0.2) is 53.6 Å². The predicted octanol–water partition coefficient (Wildman–Crippen LogP) is 3.82. The van der Waals surface area contributed by atoms with E-state index < -0.39 is 0 Å². The maximum absolute atomic E-state index is 6.84. The predicted molar refractivity (Wildman–Crippen MR) is 55.5 cm³/mol. The van der Waals surface area contributed by atoms with Crippen LogP contribution >= 0.6 is 0 Å². The molecular weight excluding hydrogens is 172 g/mol. The highest BCUT2D eigenvalue weighted by atomic mass is 14.9. The quantitative estimate of drug-likeness (QED) is 0.684. The summed E-state index contributed by atoms with van der Waals surface area (Å²) in [6, 6.07) is 18.4. The largest absolute Gasteiger partial charge is 0.204 e. The molecule has 1 N–H and O–H groups in total. The lowest BCUT2D eigenvalue weighted by molar-refractivity contribution is 1.15. The molecule has 2 nitrogen and oxygen atoms in total. The molecule has 2 heteroatoms. The van der Waals surface area contributed by atoms with Crippen molar-refractivity contribution in [3.05, 3.63) is 54.6 Å². The van der Waals surface area contributed by atoms with E-state index in [0.717, 1.165) is 11.1 Å². The lowest BCUT2D eigenvalue weighted by Crippen LogP contribution is -1.75. The van der Waals surface area contributed by atoms with Crippen molar-refractivity contribution in [3.8, 4) is 11.1 Å². The molecule has 14 heavy (non-hydrogen) atoms. The molecule has 0 heterocycles. The highest BCUT2D eigenvalue weighted by molar-refractivity contribution is 5.64. The first kappa shape index (κ1) is 8.63. The lowest BCUT2D eigenvalue weighted by atomic mass is 10.1. The summed E-state index contributed by atoms with van der Waals surface area (Å²) in [5.41, 5.74) is 9.80. The molecule has 2 aromatic carbocycles. The third-order valence-electron chi connectivity index (χ3n) is 2.05. The summed E-state index contributed by atoms with van der Waals surface area (Å²) in [7, 11) is 0. The van der Waals surface area contributed by atoms with Gasteiger partial charge in [-0.1, -0.05) is 36.4 Å². The van der Waals surface area contributed by atoms with Gasteiger partial charge in [-0.2, -0.15) is 5.11 Å². The molecule has 2 rings (SSSR count). The second kappa shape index (κ2) is 3.83. The molecule has 0 aliphatic rings. The Bertz CT molecular complexity index is 418. The number of rotatable bonds is 2. The molecule has 0 spiro atoms. The molecule has 0 aliphatic heterocycles. The van der Waals surface area contributed by atoms with E-state index in [9.17, 15) is 0 Å². The monoisotopic (exact) mass is 181 g/mol. The van der Waals surface area contributed by atoms with Gasteiger partial charge in [0.25, 0.3) is 0 Å². The first-order chi connectivity index (χ1) is 6.90. The van der Waals surface area contributed by atoms with E-state index in [-0.39, 0.29) is 0 Å². The van der Waals surface area contributed by atoms with E-state index in [2.05, 4.69) is 11.2 Å². The van der Waals surface area contributed by atoms with E-state index >= 15 is 0 Å². The van der Waals surface area contributed by atoms with Gasteiger partial charge in [0.15, 0.2) is 0 Å². The average Bonchev–Trinajstić information content (AvgIpc) is 2.30. The summed E-state index contributed by atoms with van der Waals surface area (Å²) >= 11 is 0. The second-order valence-electron chi connectivity index (χ2n) is 2.95. The minimum atomic E-state index is 0.677. The van der Waals surface area contributed by atoms with Gasteiger partial charge in [-0.3, -0.25) is 0 Å². The van der Waals surface area contributed by atoms with Crippen molar-refractivity contribution in [2.75, 3.05) is 0 Å². The minimum absolute atomic E-state index is 0.677. The molecule has 0 amide bonds. The van der Waals surface area contributed by atoms with Crippen LogP contribution in [0.5, 0.6) is 0 Å². The highest BCUT2D eigenvalue weighted by Gasteiger charge is 1.95. The summed E-state index contributed by atoms with van der Waals surface area (Å²) in [6.07, 6.45) is 0. The number of hydrogen-bond acceptors (Lipinski definition) is 2. The molecule has 0 saturated carbocycles. The van der Waals surface area contributed by atoms with Crippen LogP contribution < -0.4 is 0 Å². The van der Waals surface area contributed by atoms with Crippen molar-refractivity contribution in [1.82, 2.24) is 0 Å². The molecular formula is C12H9N2. The van der Waals surface area contributed by atoms with Gasteiger partial charge in [0.1, 0.15) is 0 Å². The molecule has 67 valence electrons. The van der Waals surface area contributed by atoms with Crippen LogP contribution in [0.2, 0.25) is 0 Å². The van der Waals surface area contributed by atoms with Gasteiger partial charge in [-0.15, -0.1) is 0 Å². The molecule has 0 aromatic heterocycles. The van der Waals surface area contributed by atoms with Crippen molar-refractivity contribution in [1.29, 1.82) is 5.53 Å². The Morgan fingerprint density at radius 2 is 1.43 bits per heavy atom. The van der Waals surface area contributed by atoms with Gasteiger partial charge in [-0.05, 0) is 29.3 Å². The van der Waals surface area contributed by atoms with Crippen LogP contribution in [0.1, 0.15) is 0 Å². The van der Waals surface area contributed by atoms with Gasteiger partial charge in [0.2, 0.25) is 0 Å². The topological polar surface area (TPSA) is 36.2 Å². The summed E-state index contributed by atoms with van der Waals surface area (Å²) in [5.74, 6) is 0. The summed E-state index contributed by atoms with van der Waals surface area (Å²) in [4.78, 5) is 0. The fourth-order valence-corrected chi connectivity index (χ4v) is 1.31. The molecule has 0 atom stereocenters. The summed E-state index contributed by atoms with van der Waals surface area (Å²) in [5, 5.41) is 3.35. The zero-order chi connectivity index (χ0) is 9.80. The molecule has 0 bridgehead atoms. The fourth-order valence-electron chi connectivity index (χ4n) is 1.31. The van der Waals surface area contributed by atoms with Gasteiger partial charge in [0.05, 0.1) is 5.69 Å². The van der Waals surface area contributed by atoms with E-state index in [0.29, 0.717) is 5.69 Å². The van der Waals surface area contributed by atoms with E-state index in [1.165, 1.54) is 0 Å². The first-order valence-electron chi connectivity index (χ1n) is 4.34. The van der Waals surface area contributed by atoms with Crippen molar-refractivity contribution >= 4 is 5.69 Å². The van der Waals surface area contributed by atoms with Crippen LogP contribution in [0.25, 0.3) is 11.1 Å². The van der Waals surface area contributed by atoms with E-state index in [1.807, 2.05) is 48.5 Å². The normalized spacial score (nSPS) is 9.71. The third kappa shape index (κ3) is 1.69. The Morgan fingerprint density at radius 1 is 0.857 bits per heavy atom. The molecule has 0 unspecified atom stereocenters. The van der Waals surface area contributed by atoms with Crippen molar-refractivity contribution in [3.63, 3.8) is 0 Å². The van der Waals surface area contributed by atoms with Gasteiger partial charge in [-0.25, -0.2) is 5.53 Å². The minimum Gasteiger partial charge on any atom is -0.204 e. The number of nitrogens with zero attached hydrogens (tertiary/aromatic N) is 1. The molecule has 0 aliphatic carbocycles. The zero-order valence-corrected chi connectivity index (χ0v) is 7.57. The number of hydrogen-bond donors (Lipinski definition) is 1. The summed E-state index contributed by atoms with van der Waals surface area (Å²) in [6.45, 7) is 0. The van der Waals surface area contributed by atoms with Crippen LogP contribution in [0.3, 0.4) is 0 Å². The maximum atomic E-state index is 6.84. The standard InChI is InChI=1S/C12H9N2/c13-14-12-8-6-11(7-9-12)10-4-2-1-3-5-10/h2-9,13H. The van der Waals surface area contributed by atoms with Crippen molar-refractivity contribution in [2.45, 2.75) is 0 Å². The molecule has 2 aromatic rings.